The topological polar surface area (TPSA) is 75.4 Å². The van der Waals surface area contributed by atoms with Crippen LogP contribution in [0.25, 0.3) is 33.5 Å². The smallest absolute Gasteiger partial charge is 0.214 e. The third kappa shape index (κ3) is 2.29. The van der Waals surface area contributed by atoms with Crippen molar-refractivity contribution < 1.29 is 0 Å². The Morgan fingerprint density at radius 1 is 1.13 bits per heavy atom. The average Bonchev–Trinajstić information content (AvgIpc) is 3.09. The summed E-state index contributed by atoms with van der Waals surface area (Å²) in [6.07, 6.45) is 0. The second kappa shape index (κ2) is 5.36. The molecule has 0 amide bonds. The molecule has 0 saturated carbocycles. The lowest BCUT2D eigenvalue weighted by Gasteiger charge is -2.05. The Balaban J connectivity index is 2.12. The van der Waals surface area contributed by atoms with Gasteiger partial charge in [-0.1, -0.05) is 46.3 Å². The third-order valence-electron chi connectivity index (χ3n) is 3.75. The number of nitrogens with one attached hydrogen (secondary N) is 2. The molecule has 0 atom stereocenters. The Labute approximate surface area is 145 Å². The summed E-state index contributed by atoms with van der Waals surface area (Å²) in [7, 11) is 0. The Morgan fingerprint density at radius 2 is 1.91 bits per heavy atom. The fourth-order valence-electron chi connectivity index (χ4n) is 2.72. The van der Waals surface area contributed by atoms with E-state index in [0.29, 0.717) is 10.6 Å². The van der Waals surface area contributed by atoms with Gasteiger partial charge in [0.05, 0.1) is 5.69 Å². The molecule has 23 heavy (non-hydrogen) atoms. The summed E-state index contributed by atoms with van der Waals surface area (Å²) in [4.78, 5) is 3.41. The van der Waals surface area contributed by atoms with Crippen LogP contribution in [-0.4, -0.2) is 19.9 Å². The summed E-state index contributed by atoms with van der Waals surface area (Å²) in [6.45, 7) is 0. The highest BCUT2D eigenvalue weighted by atomic mass is 79.9. The minimum Gasteiger partial charge on any atom is -0.351 e. The van der Waals surface area contributed by atoms with Crippen LogP contribution < -0.4 is 5.84 Å². The Kier molecular flexibility index (Phi) is 3.32. The van der Waals surface area contributed by atoms with Crippen molar-refractivity contribution in [2.75, 3.05) is 5.84 Å². The van der Waals surface area contributed by atoms with Crippen molar-refractivity contribution in [2.45, 2.75) is 0 Å². The van der Waals surface area contributed by atoms with Gasteiger partial charge in [-0.15, -0.1) is 0 Å². The molecule has 0 aliphatic heterocycles. The number of nitrogens with two attached hydrogens (primary N) is 1. The summed E-state index contributed by atoms with van der Waals surface area (Å²) >= 11 is 8.68. The second-order valence-electron chi connectivity index (χ2n) is 5.15. The Morgan fingerprint density at radius 3 is 2.61 bits per heavy atom. The quantitative estimate of drug-likeness (QED) is 0.357. The van der Waals surface area contributed by atoms with Gasteiger partial charge in [-0.3, -0.25) is 0 Å². The number of nitrogen functional groups attached to an aromatic ring is 1. The molecule has 0 unspecified atom stereocenters. The fourth-order valence-corrected chi connectivity index (χ4v) is 3.21. The van der Waals surface area contributed by atoms with Gasteiger partial charge in [0.1, 0.15) is 0 Å². The largest absolute Gasteiger partial charge is 0.351 e. The van der Waals surface area contributed by atoms with Crippen molar-refractivity contribution >= 4 is 39.1 Å². The molecule has 5 nitrogen and oxygen atoms in total. The zero-order valence-electron chi connectivity index (χ0n) is 11.9. The number of aromatic nitrogens is 4. The molecule has 7 heteroatoms. The minimum atomic E-state index is 0.374. The number of aromatic amines is 2. The summed E-state index contributed by atoms with van der Waals surface area (Å²) in [6, 6.07) is 16.2. The maximum absolute atomic E-state index is 6.02. The Bertz CT molecular complexity index is 1060. The van der Waals surface area contributed by atoms with Crippen LogP contribution in [0.3, 0.4) is 0 Å². The van der Waals surface area contributed by atoms with Gasteiger partial charge in [-0.25, -0.2) is 9.77 Å². The first-order valence-electron chi connectivity index (χ1n) is 6.94. The molecule has 4 rings (SSSR count). The maximum Gasteiger partial charge on any atom is 0.214 e. The lowest BCUT2D eigenvalue weighted by molar-refractivity contribution is 0.980. The molecule has 2 aromatic carbocycles. The molecule has 2 aromatic heterocycles. The van der Waals surface area contributed by atoms with Gasteiger partial charge in [-0.05, 0) is 36.0 Å². The summed E-state index contributed by atoms with van der Waals surface area (Å²) in [5.74, 6) is 6.59. The van der Waals surface area contributed by atoms with E-state index in [4.69, 9.17) is 18.1 Å². The molecular weight excluding hydrogens is 374 g/mol. The van der Waals surface area contributed by atoms with Crippen LogP contribution in [0.2, 0.25) is 0 Å². The normalized spacial score (nSPS) is 11.2. The van der Waals surface area contributed by atoms with E-state index < -0.39 is 0 Å². The number of rotatable bonds is 2. The average molecular weight is 386 g/mol. The number of H-pyrrole nitrogens is 2. The highest BCUT2D eigenvalue weighted by Crippen LogP contribution is 2.38. The molecule has 0 aliphatic carbocycles. The van der Waals surface area contributed by atoms with Crippen molar-refractivity contribution in [2.24, 2.45) is 0 Å². The van der Waals surface area contributed by atoms with E-state index in [0.717, 1.165) is 32.2 Å². The zero-order valence-corrected chi connectivity index (χ0v) is 14.3. The maximum atomic E-state index is 6.02. The molecule has 114 valence electrons. The molecule has 0 aliphatic rings. The first-order valence-corrected chi connectivity index (χ1v) is 8.15. The van der Waals surface area contributed by atoms with Crippen molar-refractivity contribution in [3.63, 3.8) is 0 Å². The fraction of sp³-hybridized carbons (Fsp3) is 0. The van der Waals surface area contributed by atoms with Gasteiger partial charge in [0.15, 0.2) is 5.82 Å². The van der Waals surface area contributed by atoms with Gasteiger partial charge in [0.2, 0.25) is 4.77 Å². The first kappa shape index (κ1) is 14.2. The number of nitrogens with zero attached hydrogens (tertiary/aromatic N) is 2. The molecule has 2 heterocycles. The summed E-state index contributed by atoms with van der Waals surface area (Å²) < 4.78 is 2.76. The predicted octanol–water partition coefficient (Wildman–Crippen LogP) is 4.23. The molecule has 0 saturated heterocycles. The van der Waals surface area contributed by atoms with E-state index in [2.05, 4.69) is 49.3 Å². The number of fused-ring (bicyclic) bond motifs is 1. The van der Waals surface area contributed by atoms with Gasteiger partial charge in [0.25, 0.3) is 0 Å². The van der Waals surface area contributed by atoms with Crippen molar-refractivity contribution in [1.82, 2.24) is 19.9 Å². The molecule has 4 N–H and O–H groups in total. The highest BCUT2D eigenvalue weighted by Gasteiger charge is 2.19. The lowest BCUT2D eigenvalue weighted by atomic mass is 10.0. The predicted molar refractivity (Wildman–Crippen MR) is 98.0 cm³/mol. The summed E-state index contributed by atoms with van der Waals surface area (Å²) in [5.41, 5.74) is 3.97. The van der Waals surface area contributed by atoms with Crippen LogP contribution >= 0.6 is 28.1 Å². The van der Waals surface area contributed by atoms with E-state index in [-0.39, 0.29) is 0 Å². The number of halogens is 1. The molecule has 0 bridgehead atoms. The van der Waals surface area contributed by atoms with Crippen molar-refractivity contribution in [3.05, 3.63) is 57.8 Å². The molecular formula is C16H12BrN5S. The third-order valence-corrected chi connectivity index (χ3v) is 4.53. The van der Waals surface area contributed by atoms with Gasteiger partial charge >= 0.3 is 0 Å². The van der Waals surface area contributed by atoms with Gasteiger partial charge in [-0.2, -0.15) is 5.10 Å². The van der Waals surface area contributed by atoms with Gasteiger partial charge in [0, 0.05) is 20.9 Å². The van der Waals surface area contributed by atoms with Crippen LogP contribution in [-0.2, 0) is 0 Å². The van der Waals surface area contributed by atoms with Gasteiger partial charge < -0.3 is 10.8 Å². The molecule has 4 aromatic rings. The minimum absolute atomic E-state index is 0.374. The SMILES string of the molecule is Nn1c(-c2[nH]c3ccc(Br)cc3c2-c2ccccc2)n[nH]c1=S. The van der Waals surface area contributed by atoms with E-state index in [9.17, 15) is 0 Å². The second-order valence-corrected chi connectivity index (χ2v) is 6.46. The molecule has 0 radical (unpaired) electrons. The van der Waals surface area contributed by atoms with Crippen molar-refractivity contribution in [3.8, 4) is 22.6 Å². The summed E-state index contributed by atoms with van der Waals surface area (Å²) in [5, 5.41) is 8.09. The van der Waals surface area contributed by atoms with E-state index in [1.807, 2.05) is 30.3 Å². The number of hydrogen-bond donors (Lipinski definition) is 3. The lowest BCUT2D eigenvalue weighted by Crippen LogP contribution is -2.10. The number of benzene rings is 2. The zero-order chi connectivity index (χ0) is 16.0. The van der Waals surface area contributed by atoms with Crippen molar-refractivity contribution in [1.29, 1.82) is 0 Å². The monoisotopic (exact) mass is 385 g/mol. The van der Waals surface area contributed by atoms with Crippen LogP contribution in [0.4, 0.5) is 0 Å². The Hall–Kier alpha value is -2.38. The van der Waals surface area contributed by atoms with E-state index in [1.165, 1.54) is 4.68 Å². The van der Waals surface area contributed by atoms with E-state index >= 15 is 0 Å². The van der Waals surface area contributed by atoms with Crippen LogP contribution in [0.5, 0.6) is 0 Å². The molecule has 0 spiro atoms. The molecule has 0 fully saturated rings. The first-order chi connectivity index (χ1) is 11.1. The van der Waals surface area contributed by atoms with Crippen LogP contribution in [0, 0.1) is 4.77 Å². The van der Waals surface area contributed by atoms with E-state index in [1.54, 1.807) is 0 Å². The standard InChI is InChI=1S/C16H12BrN5S/c17-10-6-7-12-11(8-10)13(9-4-2-1-3-5-9)14(19-12)15-20-21-16(23)22(15)18/h1-8,19H,18H2,(H,21,23). The van der Waals surface area contributed by atoms with Crippen LogP contribution in [0.1, 0.15) is 0 Å². The highest BCUT2D eigenvalue weighted by molar-refractivity contribution is 9.10. The van der Waals surface area contributed by atoms with Crippen LogP contribution in [0.15, 0.2) is 53.0 Å². The number of hydrogen-bond acceptors (Lipinski definition) is 3.